The van der Waals surface area contributed by atoms with Crippen LogP contribution in [0.2, 0.25) is 0 Å². The summed E-state index contributed by atoms with van der Waals surface area (Å²) in [5.41, 5.74) is 1.37. The molecule has 21 heavy (non-hydrogen) atoms. The smallest absolute Gasteiger partial charge is 0.143 e. The van der Waals surface area contributed by atoms with Gasteiger partial charge in [0.1, 0.15) is 28.9 Å². The molecule has 5 heteroatoms. The van der Waals surface area contributed by atoms with Crippen molar-refractivity contribution in [2.24, 2.45) is 0 Å². The first-order valence-corrected chi connectivity index (χ1v) is 6.32. The van der Waals surface area contributed by atoms with Gasteiger partial charge in [-0.25, -0.2) is 4.39 Å². The Morgan fingerprint density at radius 2 is 1.81 bits per heavy atom. The Bertz CT molecular complexity index is 658. The predicted octanol–water partition coefficient (Wildman–Crippen LogP) is 3.33. The predicted molar refractivity (Wildman–Crippen MR) is 78.0 cm³/mol. The third-order valence-corrected chi connectivity index (χ3v) is 3.02. The van der Waals surface area contributed by atoms with E-state index in [1.165, 1.54) is 6.07 Å². The van der Waals surface area contributed by atoms with Crippen molar-refractivity contribution in [2.75, 3.05) is 19.5 Å². The molecule has 0 bridgehead atoms. The molecule has 2 aromatic carbocycles. The van der Waals surface area contributed by atoms with Crippen LogP contribution in [0.25, 0.3) is 0 Å². The van der Waals surface area contributed by atoms with E-state index < -0.39 is 5.82 Å². The zero-order valence-electron chi connectivity index (χ0n) is 11.8. The Kier molecular flexibility index (Phi) is 4.62. The van der Waals surface area contributed by atoms with Crippen molar-refractivity contribution in [3.8, 4) is 17.6 Å². The van der Waals surface area contributed by atoms with Crippen molar-refractivity contribution < 1.29 is 13.9 Å². The molecule has 0 aliphatic heterocycles. The average Bonchev–Trinajstić information content (AvgIpc) is 2.52. The van der Waals surface area contributed by atoms with Gasteiger partial charge in [-0.15, -0.1) is 0 Å². The molecule has 2 aromatic rings. The molecule has 0 heterocycles. The van der Waals surface area contributed by atoms with Gasteiger partial charge < -0.3 is 14.8 Å². The van der Waals surface area contributed by atoms with Crippen LogP contribution in [0.1, 0.15) is 11.1 Å². The van der Waals surface area contributed by atoms with E-state index in [0.29, 0.717) is 23.7 Å². The third kappa shape index (κ3) is 3.42. The Labute approximate surface area is 122 Å². The maximum atomic E-state index is 13.5. The molecular weight excluding hydrogens is 271 g/mol. The highest BCUT2D eigenvalue weighted by atomic mass is 19.1. The van der Waals surface area contributed by atoms with E-state index in [4.69, 9.17) is 14.7 Å². The normalized spacial score (nSPS) is 9.81. The number of anilines is 1. The van der Waals surface area contributed by atoms with Gasteiger partial charge in [0.2, 0.25) is 0 Å². The van der Waals surface area contributed by atoms with Gasteiger partial charge in [-0.3, -0.25) is 0 Å². The molecular formula is C16H15FN2O2. The number of nitriles is 1. The van der Waals surface area contributed by atoms with E-state index in [9.17, 15) is 4.39 Å². The van der Waals surface area contributed by atoms with Crippen LogP contribution >= 0.6 is 0 Å². The van der Waals surface area contributed by atoms with Crippen LogP contribution in [0, 0.1) is 17.1 Å². The largest absolute Gasteiger partial charge is 0.497 e. The van der Waals surface area contributed by atoms with Crippen LogP contribution in [0.5, 0.6) is 11.5 Å². The van der Waals surface area contributed by atoms with Crippen LogP contribution in [0.15, 0.2) is 36.4 Å². The zero-order chi connectivity index (χ0) is 15.2. The molecule has 0 fully saturated rings. The lowest BCUT2D eigenvalue weighted by Gasteiger charge is -2.11. The van der Waals surface area contributed by atoms with E-state index in [-0.39, 0.29) is 5.56 Å². The number of nitrogens with zero attached hydrogens (tertiary/aromatic N) is 1. The van der Waals surface area contributed by atoms with Crippen molar-refractivity contribution in [3.63, 3.8) is 0 Å². The lowest BCUT2D eigenvalue weighted by molar-refractivity contribution is 0.393. The molecule has 108 valence electrons. The molecule has 4 nitrogen and oxygen atoms in total. The molecule has 0 saturated heterocycles. The van der Waals surface area contributed by atoms with E-state index >= 15 is 0 Å². The lowest BCUT2D eigenvalue weighted by Crippen LogP contribution is -2.03. The van der Waals surface area contributed by atoms with Gasteiger partial charge in [0.05, 0.1) is 19.9 Å². The van der Waals surface area contributed by atoms with Gasteiger partial charge in [-0.05, 0) is 29.8 Å². The maximum absolute atomic E-state index is 13.5. The SMILES string of the molecule is COc1cc(CNc2cccc(F)c2C#N)cc(OC)c1. The highest BCUT2D eigenvalue weighted by Gasteiger charge is 2.08. The van der Waals surface area contributed by atoms with Crippen molar-refractivity contribution >= 4 is 5.69 Å². The van der Waals surface area contributed by atoms with Crippen molar-refractivity contribution in [1.82, 2.24) is 0 Å². The summed E-state index contributed by atoms with van der Waals surface area (Å²) in [6, 6.07) is 11.8. The summed E-state index contributed by atoms with van der Waals surface area (Å²) in [4.78, 5) is 0. The average molecular weight is 286 g/mol. The summed E-state index contributed by atoms with van der Waals surface area (Å²) >= 11 is 0. The van der Waals surface area contributed by atoms with Crippen LogP contribution < -0.4 is 14.8 Å². The first-order valence-electron chi connectivity index (χ1n) is 6.32. The van der Waals surface area contributed by atoms with Gasteiger partial charge >= 0.3 is 0 Å². The monoisotopic (exact) mass is 286 g/mol. The Morgan fingerprint density at radius 3 is 2.38 bits per heavy atom. The maximum Gasteiger partial charge on any atom is 0.143 e. The number of nitrogens with one attached hydrogen (secondary N) is 1. The molecule has 0 amide bonds. The number of hydrogen-bond donors (Lipinski definition) is 1. The van der Waals surface area contributed by atoms with E-state index in [1.807, 2.05) is 18.2 Å². The first kappa shape index (κ1) is 14.7. The molecule has 0 aliphatic carbocycles. The van der Waals surface area contributed by atoms with Gasteiger partial charge in [-0.1, -0.05) is 6.07 Å². The Morgan fingerprint density at radius 1 is 1.14 bits per heavy atom. The fraction of sp³-hybridized carbons (Fsp3) is 0.188. The van der Waals surface area contributed by atoms with Crippen LogP contribution in [0.3, 0.4) is 0 Å². The van der Waals surface area contributed by atoms with Crippen LogP contribution in [0.4, 0.5) is 10.1 Å². The van der Waals surface area contributed by atoms with Crippen molar-refractivity contribution in [3.05, 3.63) is 53.3 Å². The summed E-state index contributed by atoms with van der Waals surface area (Å²) in [5, 5.41) is 12.0. The van der Waals surface area contributed by atoms with Crippen molar-refractivity contribution in [1.29, 1.82) is 5.26 Å². The second kappa shape index (κ2) is 6.62. The van der Waals surface area contributed by atoms with Gasteiger partial charge in [0.15, 0.2) is 0 Å². The minimum atomic E-state index is -0.536. The quantitative estimate of drug-likeness (QED) is 0.916. The Hall–Kier alpha value is -2.74. The van der Waals surface area contributed by atoms with Gasteiger partial charge in [-0.2, -0.15) is 5.26 Å². The molecule has 0 saturated carbocycles. The molecule has 0 aromatic heterocycles. The topological polar surface area (TPSA) is 54.3 Å². The van der Waals surface area contributed by atoms with E-state index in [0.717, 1.165) is 5.56 Å². The van der Waals surface area contributed by atoms with Gasteiger partial charge in [0.25, 0.3) is 0 Å². The first-order chi connectivity index (χ1) is 10.2. The summed E-state index contributed by atoms with van der Waals surface area (Å²) in [6.45, 7) is 0.422. The zero-order valence-corrected chi connectivity index (χ0v) is 11.8. The molecule has 0 atom stereocenters. The standard InChI is InChI=1S/C16H15FN2O2/c1-20-12-6-11(7-13(8-12)21-2)10-19-16-5-3-4-15(17)14(16)9-18/h3-8,19H,10H2,1-2H3. The number of benzene rings is 2. The lowest BCUT2D eigenvalue weighted by atomic mass is 10.1. The number of methoxy groups -OCH3 is 2. The van der Waals surface area contributed by atoms with Gasteiger partial charge in [0, 0.05) is 12.6 Å². The fourth-order valence-electron chi connectivity index (χ4n) is 1.95. The second-order valence-corrected chi connectivity index (χ2v) is 4.35. The molecule has 2 rings (SSSR count). The molecule has 0 spiro atoms. The third-order valence-electron chi connectivity index (χ3n) is 3.02. The Balaban J connectivity index is 2.21. The molecule has 1 N–H and O–H groups in total. The molecule has 0 aliphatic rings. The molecule has 0 unspecified atom stereocenters. The summed E-state index contributed by atoms with van der Waals surface area (Å²) in [7, 11) is 3.15. The van der Waals surface area contributed by atoms with Crippen molar-refractivity contribution in [2.45, 2.75) is 6.54 Å². The highest BCUT2D eigenvalue weighted by Crippen LogP contribution is 2.24. The van der Waals surface area contributed by atoms with E-state index in [1.54, 1.807) is 32.4 Å². The number of rotatable bonds is 5. The fourth-order valence-corrected chi connectivity index (χ4v) is 1.95. The van der Waals surface area contributed by atoms with E-state index in [2.05, 4.69) is 5.32 Å². The minimum Gasteiger partial charge on any atom is -0.497 e. The summed E-state index contributed by atoms with van der Waals surface area (Å²) < 4.78 is 23.9. The summed E-state index contributed by atoms with van der Waals surface area (Å²) in [5.74, 6) is 0.808. The van der Waals surface area contributed by atoms with Crippen LogP contribution in [-0.2, 0) is 6.54 Å². The molecule has 0 radical (unpaired) electrons. The second-order valence-electron chi connectivity index (χ2n) is 4.35. The minimum absolute atomic E-state index is 0.00682. The highest BCUT2D eigenvalue weighted by molar-refractivity contribution is 5.58. The summed E-state index contributed by atoms with van der Waals surface area (Å²) in [6.07, 6.45) is 0. The number of hydrogen-bond acceptors (Lipinski definition) is 4. The van der Waals surface area contributed by atoms with Crippen LogP contribution in [-0.4, -0.2) is 14.2 Å². The number of halogens is 1. The number of ether oxygens (including phenoxy) is 2.